The summed E-state index contributed by atoms with van der Waals surface area (Å²) < 4.78 is 5.70. The maximum Gasteiger partial charge on any atom is 0.374 e. The van der Waals surface area contributed by atoms with Crippen molar-refractivity contribution in [3.05, 3.63) is 30.1 Å². The van der Waals surface area contributed by atoms with E-state index in [1.54, 1.807) is 6.07 Å². The van der Waals surface area contributed by atoms with Gasteiger partial charge in [0.15, 0.2) is 0 Å². The monoisotopic (exact) mass is 272 g/mol. The molecule has 1 saturated carbocycles. The Hall–Kier alpha value is -2.17. The summed E-state index contributed by atoms with van der Waals surface area (Å²) in [6.07, 6.45) is 4.85. The second-order valence-electron chi connectivity index (χ2n) is 5.11. The number of hydrogen-bond acceptors (Lipinski definition) is 4. The molecule has 0 saturated heterocycles. The molecule has 0 bridgehead atoms. The molecule has 1 N–H and O–H groups in total. The van der Waals surface area contributed by atoms with Gasteiger partial charge in [0.05, 0.1) is 17.5 Å². The minimum atomic E-state index is -1.14. The first-order valence-electron chi connectivity index (χ1n) is 6.87. The van der Waals surface area contributed by atoms with E-state index in [1.807, 2.05) is 18.2 Å². The zero-order valence-corrected chi connectivity index (χ0v) is 11.1. The van der Waals surface area contributed by atoms with Crippen molar-refractivity contribution in [2.75, 3.05) is 6.61 Å². The van der Waals surface area contributed by atoms with Gasteiger partial charge in [-0.1, -0.05) is 31.4 Å². The summed E-state index contributed by atoms with van der Waals surface area (Å²) in [6, 6.07) is 7.30. The standard InChI is InChI=1S/C15H16N2O3/c18-15(19)13-16-12-7-2-1-6-11(12)14(17-13)20-9-8-10-4-3-5-10/h1-2,6-7,10H,3-5,8-9H2,(H,18,19). The van der Waals surface area contributed by atoms with Crippen LogP contribution in [0.4, 0.5) is 0 Å². The van der Waals surface area contributed by atoms with Crippen LogP contribution in [-0.4, -0.2) is 27.7 Å². The zero-order valence-electron chi connectivity index (χ0n) is 11.1. The molecule has 1 fully saturated rings. The summed E-state index contributed by atoms with van der Waals surface area (Å²) in [7, 11) is 0. The number of para-hydroxylation sites is 1. The minimum absolute atomic E-state index is 0.220. The third-order valence-corrected chi connectivity index (χ3v) is 3.75. The van der Waals surface area contributed by atoms with Crippen molar-refractivity contribution in [2.24, 2.45) is 5.92 Å². The maximum atomic E-state index is 11.1. The molecule has 0 aliphatic heterocycles. The fraction of sp³-hybridized carbons (Fsp3) is 0.400. The van der Waals surface area contributed by atoms with E-state index in [0.29, 0.717) is 18.0 Å². The van der Waals surface area contributed by atoms with Gasteiger partial charge in [0, 0.05) is 0 Å². The summed E-state index contributed by atoms with van der Waals surface area (Å²) in [5, 5.41) is 9.80. The quantitative estimate of drug-likeness (QED) is 0.906. The average molecular weight is 272 g/mol. The van der Waals surface area contributed by atoms with Crippen LogP contribution in [0, 0.1) is 5.92 Å². The molecule has 0 spiro atoms. The largest absolute Gasteiger partial charge is 0.477 e. The number of carboxylic acid groups (broad SMARTS) is 1. The van der Waals surface area contributed by atoms with Gasteiger partial charge < -0.3 is 9.84 Å². The number of hydrogen-bond donors (Lipinski definition) is 1. The lowest BCUT2D eigenvalue weighted by molar-refractivity contribution is 0.0682. The van der Waals surface area contributed by atoms with Crippen LogP contribution in [0.15, 0.2) is 24.3 Å². The van der Waals surface area contributed by atoms with Crippen molar-refractivity contribution >= 4 is 16.9 Å². The Labute approximate surface area is 116 Å². The van der Waals surface area contributed by atoms with Crippen molar-refractivity contribution in [3.63, 3.8) is 0 Å². The molecule has 3 rings (SSSR count). The first-order valence-corrected chi connectivity index (χ1v) is 6.87. The molecule has 0 atom stereocenters. The highest BCUT2D eigenvalue weighted by Crippen LogP contribution is 2.30. The molecule has 0 unspecified atom stereocenters. The van der Waals surface area contributed by atoms with Crippen molar-refractivity contribution in [1.82, 2.24) is 9.97 Å². The van der Waals surface area contributed by atoms with Crippen LogP contribution in [-0.2, 0) is 0 Å². The summed E-state index contributed by atoms with van der Waals surface area (Å²) in [4.78, 5) is 19.1. The number of carboxylic acids is 1. The van der Waals surface area contributed by atoms with Gasteiger partial charge in [-0.3, -0.25) is 0 Å². The fourth-order valence-electron chi connectivity index (χ4n) is 2.36. The van der Waals surface area contributed by atoms with Crippen LogP contribution >= 0.6 is 0 Å². The molecular formula is C15H16N2O3. The average Bonchev–Trinajstić information content (AvgIpc) is 2.41. The molecule has 1 aromatic heterocycles. The van der Waals surface area contributed by atoms with Crippen LogP contribution in [0.25, 0.3) is 10.9 Å². The van der Waals surface area contributed by atoms with Gasteiger partial charge in [-0.25, -0.2) is 9.78 Å². The zero-order chi connectivity index (χ0) is 13.9. The predicted octanol–water partition coefficient (Wildman–Crippen LogP) is 2.90. The smallest absolute Gasteiger partial charge is 0.374 e. The number of rotatable bonds is 5. The number of benzene rings is 1. The van der Waals surface area contributed by atoms with Crippen LogP contribution in [0.1, 0.15) is 36.3 Å². The van der Waals surface area contributed by atoms with E-state index < -0.39 is 5.97 Å². The molecule has 1 aliphatic carbocycles. The van der Waals surface area contributed by atoms with Gasteiger partial charge in [-0.15, -0.1) is 0 Å². The van der Waals surface area contributed by atoms with Gasteiger partial charge in [0.2, 0.25) is 11.7 Å². The molecule has 1 aromatic carbocycles. The predicted molar refractivity (Wildman–Crippen MR) is 74.0 cm³/mol. The highest BCUT2D eigenvalue weighted by atomic mass is 16.5. The fourth-order valence-corrected chi connectivity index (χ4v) is 2.36. The molecule has 5 heteroatoms. The first-order chi connectivity index (χ1) is 9.74. The highest BCUT2D eigenvalue weighted by molar-refractivity contribution is 5.89. The second kappa shape index (κ2) is 5.45. The Kier molecular flexibility index (Phi) is 3.50. The van der Waals surface area contributed by atoms with Crippen molar-refractivity contribution < 1.29 is 14.6 Å². The summed E-state index contributed by atoms with van der Waals surface area (Å²) in [6.45, 7) is 0.574. The lowest BCUT2D eigenvalue weighted by Gasteiger charge is -2.24. The molecule has 2 aromatic rings. The van der Waals surface area contributed by atoms with Gasteiger partial charge in [0.1, 0.15) is 0 Å². The van der Waals surface area contributed by atoms with E-state index in [0.717, 1.165) is 17.7 Å². The Morgan fingerprint density at radius 1 is 1.30 bits per heavy atom. The van der Waals surface area contributed by atoms with Gasteiger partial charge in [-0.2, -0.15) is 4.98 Å². The molecule has 0 amide bonds. The van der Waals surface area contributed by atoms with Crippen LogP contribution < -0.4 is 4.74 Å². The summed E-state index contributed by atoms with van der Waals surface area (Å²) in [5.74, 6) is -0.240. The number of nitrogens with zero attached hydrogens (tertiary/aromatic N) is 2. The van der Waals surface area contributed by atoms with E-state index in [-0.39, 0.29) is 5.82 Å². The highest BCUT2D eigenvalue weighted by Gasteiger charge is 2.18. The normalized spacial score (nSPS) is 15.0. The van der Waals surface area contributed by atoms with Gasteiger partial charge >= 0.3 is 5.97 Å². The summed E-state index contributed by atoms with van der Waals surface area (Å²) in [5.41, 5.74) is 0.596. The lowest BCUT2D eigenvalue weighted by atomic mass is 9.83. The SMILES string of the molecule is O=C(O)c1nc(OCCC2CCC2)c2ccccc2n1. The third kappa shape index (κ3) is 2.57. The molecule has 20 heavy (non-hydrogen) atoms. The maximum absolute atomic E-state index is 11.1. The van der Waals surface area contributed by atoms with E-state index in [9.17, 15) is 4.79 Å². The molecule has 104 valence electrons. The van der Waals surface area contributed by atoms with Crippen LogP contribution in [0.3, 0.4) is 0 Å². The molecule has 5 nitrogen and oxygen atoms in total. The van der Waals surface area contributed by atoms with Crippen LogP contribution in [0.2, 0.25) is 0 Å². The number of carbonyl (C=O) groups is 1. The Morgan fingerprint density at radius 3 is 2.80 bits per heavy atom. The molecule has 1 aliphatic rings. The minimum Gasteiger partial charge on any atom is -0.477 e. The number of fused-ring (bicyclic) bond motifs is 1. The number of aromatic nitrogens is 2. The summed E-state index contributed by atoms with van der Waals surface area (Å²) >= 11 is 0. The third-order valence-electron chi connectivity index (χ3n) is 3.75. The molecule has 0 radical (unpaired) electrons. The van der Waals surface area contributed by atoms with Crippen LogP contribution in [0.5, 0.6) is 5.88 Å². The van der Waals surface area contributed by atoms with Gasteiger partial charge in [0.25, 0.3) is 0 Å². The molecule has 1 heterocycles. The van der Waals surface area contributed by atoms with E-state index >= 15 is 0 Å². The van der Waals surface area contributed by atoms with Crippen molar-refractivity contribution in [3.8, 4) is 5.88 Å². The van der Waals surface area contributed by atoms with E-state index in [4.69, 9.17) is 9.84 Å². The van der Waals surface area contributed by atoms with E-state index in [1.165, 1.54) is 19.3 Å². The van der Waals surface area contributed by atoms with E-state index in [2.05, 4.69) is 9.97 Å². The Bertz CT molecular complexity index is 638. The number of ether oxygens (including phenoxy) is 1. The Balaban J connectivity index is 1.84. The number of aromatic carboxylic acids is 1. The Morgan fingerprint density at radius 2 is 2.10 bits per heavy atom. The van der Waals surface area contributed by atoms with Gasteiger partial charge in [-0.05, 0) is 24.5 Å². The first kappa shape index (κ1) is 12.8. The second-order valence-corrected chi connectivity index (χ2v) is 5.11. The van der Waals surface area contributed by atoms with Crippen molar-refractivity contribution in [1.29, 1.82) is 0 Å². The molecular weight excluding hydrogens is 256 g/mol. The topological polar surface area (TPSA) is 72.3 Å². The lowest BCUT2D eigenvalue weighted by Crippen LogP contribution is -2.15. The van der Waals surface area contributed by atoms with Crippen molar-refractivity contribution in [2.45, 2.75) is 25.7 Å².